The summed E-state index contributed by atoms with van der Waals surface area (Å²) in [6.45, 7) is 4.39. The zero-order chi connectivity index (χ0) is 16.2. The molecule has 1 saturated heterocycles. The minimum Gasteiger partial charge on any atom is -0.465 e. The molecular weight excluding hydrogens is 334 g/mol. The summed E-state index contributed by atoms with van der Waals surface area (Å²) in [5.41, 5.74) is 0. The van der Waals surface area contributed by atoms with Crippen molar-refractivity contribution in [3.63, 3.8) is 0 Å². The van der Waals surface area contributed by atoms with Crippen LogP contribution in [0.1, 0.15) is 24.4 Å². The summed E-state index contributed by atoms with van der Waals surface area (Å²) in [5, 5.41) is 6.85. The highest BCUT2D eigenvalue weighted by atomic mass is 35.5. The SMILES string of the molecule is Cc1ccc(CNC(=S)Nc2nc(Cl)cc(N3CCCC3)n2)o1. The van der Waals surface area contributed by atoms with E-state index >= 15 is 0 Å². The molecule has 0 amide bonds. The summed E-state index contributed by atoms with van der Waals surface area (Å²) in [7, 11) is 0. The molecule has 0 spiro atoms. The van der Waals surface area contributed by atoms with E-state index in [1.807, 2.05) is 19.1 Å². The minimum absolute atomic E-state index is 0.396. The van der Waals surface area contributed by atoms with Crippen molar-refractivity contribution in [3.05, 3.63) is 34.9 Å². The second kappa shape index (κ2) is 7.14. The van der Waals surface area contributed by atoms with Gasteiger partial charge in [-0.05, 0) is 44.1 Å². The van der Waals surface area contributed by atoms with Gasteiger partial charge in [-0.3, -0.25) is 0 Å². The summed E-state index contributed by atoms with van der Waals surface area (Å²) in [5.74, 6) is 2.91. The molecule has 1 aliphatic rings. The van der Waals surface area contributed by atoms with Crippen LogP contribution in [0.5, 0.6) is 0 Å². The second-order valence-electron chi connectivity index (χ2n) is 5.39. The number of halogens is 1. The lowest BCUT2D eigenvalue weighted by molar-refractivity contribution is 0.478. The highest BCUT2D eigenvalue weighted by Crippen LogP contribution is 2.22. The van der Waals surface area contributed by atoms with Gasteiger partial charge in [0.2, 0.25) is 5.95 Å². The fourth-order valence-electron chi connectivity index (χ4n) is 2.46. The van der Waals surface area contributed by atoms with Crippen molar-refractivity contribution in [1.29, 1.82) is 0 Å². The van der Waals surface area contributed by atoms with E-state index in [0.717, 1.165) is 30.4 Å². The predicted octanol–water partition coefficient (Wildman–Crippen LogP) is 3.12. The molecule has 0 bridgehead atoms. The lowest BCUT2D eigenvalue weighted by Crippen LogP contribution is -2.29. The fraction of sp³-hybridized carbons (Fsp3) is 0.400. The van der Waals surface area contributed by atoms with Crippen molar-refractivity contribution >= 4 is 40.7 Å². The first-order valence-electron chi connectivity index (χ1n) is 7.50. The Labute approximate surface area is 145 Å². The molecule has 0 aromatic carbocycles. The van der Waals surface area contributed by atoms with Crippen molar-refractivity contribution in [3.8, 4) is 0 Å². The quantitative estimate of drug-likeness (QED) is 0.648. The van der Waals surface area contributed by atoms with Gasteiger partial charge in [-0.1, -0.05) is 11.6 Å². The Balaban J connectivity index is 1.61. The van der Waals surface area contributed by atoms with Crippen LogP contribution < -0.4 is 15.5 Å². The first kappa shape index (κ1) is 16.0. The molecule has 0 aliphatic carbocycles. The number of thiocarbonyl (C=S) groups is 1. The van der Waals surface area contributed by atoms with Gasteiger partial charge in [-0.15, -0.1) is 0 Å². The Hall–Kier alpha value is -1.86. The Morgan fingerprint density at radius 3 is 2.83 bits per heavy atom. The summed E-state index contributed by atoms with van der Waals surface area (Å²) in [4.78, 5) is 10.8. The first-order valence-corrected chi connectivity index (χ1v) is 8.28. The van der Waals surface area contributed by atoms with Crippen molar-refractivity contribution in [2.75, 3.05) is 23.3 Å². The van der Waals surface area contributed by atoms with Gasteiger partial charge in [0, 0.05) is 19.2 Å². The molecule has 0 saturated carbocycles. The van der Waals surface area contributed by atoms with E-state index in [-0.39, 0.29) is 0 Å². The van der Waals surface area contributed by atoms with Crippen molar-refractivity contribution < 1.29 is 4.42 Å². The topological polar surface area (TPSA) is 66.2 Å². The van der Waals surface area contributed by atoms with Gasteiger partial charge in [0.05, 0.1) is 6.54 Å². The molecule has 2 N–H and O–H groups in total. The summed E-state index contributed by atoms with van der Waals surface area (Å²) in [6.07, 6.45) is 2.35. The number of aromatic nitrogens is 2. The van der Waals surface area contributed by atoms with Crippen LogP contribution in [0.25, 0.3) is 0 Å². The molecule has 8 heteroatoms. The van der Waals surface area contributed by atoms with Crippen LogP contribution in [0.2, 0.25) is 5.15 Å². The molecule has 122 valence electrons. The molecule has 1 aliphatic heterocycles. The summed E-state index contributed by atoms with van der Waals surface area (Å²) in [6, 6.07) is 5.60. The van der Waals surface area contributed by atoms with Crippen molar-refractivity contribution in [2.45, 2.75) is 26.3 Å². The van der Waals surface area contributed by atoms with Gasteiger partial charge in [-0.2, -0.15) is 4.98 Å². The number of anilines is 2. The Kier molecular flexibility index (Phi) is 4.97. The lowest BCUT2D eigenvalue weighted by Gasteiger charge is -2.17. The largest absolute Gasteiger partial charge is 0.465 e. The number of aryl methyl sites for hydroxylation is 1. The van der Waals surface area contributed by atoms with E-state index < -0.39 is 0 Å². The third-order valence-electron chi connectivity index (χ3n) is 3.56. The Morgan fingerprint density at radius 1 is 1.35 bits per heavy atom. The van der Waals surface area contributed by atoms with Crippen molar-refractivity contribution in [2.24, 2.45) is 0 Å². The average Bonchev–Trinajstić information content (AvgIpc) is 3.16. The maximum absolute atomic E-state index is 6.09. The Bertz CT molecular complexity index is 699. The molecule has 3 rings (SSSR count). The molecule has 2 aromatic heterocycles. The monoisotopic (exact) mass is 351 g/mol. The van der Waals surface area contributed by atoms with E-state index in [1.165, 1.54) is 12.8 Å². The van der Waals surface area contributed by atoms with Crippen LogP contribution in [0, 0.1) is 6.92 Å². The van der Waals surface area contributed by atoms with E-state index in [9.17, 15) is 0 Å². The van der Waals surface area contributed by atoms with Crippen LogP contribution in [0.3, 0.4) is 0 Å². The van der Waals surface area contributed by atoms with E-state index in [4.69, 9.17) is 28.2 Å². The molecule has 0 radical (unpaired) electrons. The number of furan rings is 1. The van der Waals surface area contributed by atoms with Crippen molar-refractivity contribution in [1.82, 2.24) is 15.3 Å². The maximum atomic E-state index is 6.09. The number of hydrogen-bond donors (Lipinski definition) is 2. The second-order valence-corrected chi connectivity index (χ2v) is 6.18. The van der Waals surface area contributed by atoms with Crippen LogP contribution in [-0.2, 0) is 6.54 Å². The lowest BCUT2D eigenvalue weighted by atomic mass is 10.4. The molecule has 0 atom stereocenters. The smallest absolute Gasteiger partial charge is 0.232 e. The third kappa shape index (κ3) is 4.33. The molecule has 3 heterocycles. The standard InChI is InChI=1S/C15H18ClN5OS/c1-10-4-5-11(22-10)9-17-15(23)20-14-18-12(16)8-13(19-14)21-6-2-3-7-21/h4-5,8H,2-3,6-7,9H2,1H3,(H2,17,18,19,20,23). The first-order chi connectivity index (χ1) is 11.1. The fourth-order valence-corrected chi connectivity index (χ4v) is 2.80. The molecule has 2 aromatic rings. The number of nitrogens with one attached hydrogen (secondary N) is 2. The van der Waals surface area contributed by atoms with Gasteiger partial charge >= 0.3 is 0 Å². The molecule has 6 nitrogen and oxygen atoms in total. The molecule has 23 heavy (non-hydrogen) atoms. The highest BCUT2D eigenvalue weighted by molar-refractivity contribution is 7.80. The number of nitrogens with zero attached hydrogens (tertiary/aromatic N) is 3. The van der Waals surface area contributed by atoms with Crippen LogP contribution in [0.15, 0.2) is 22.6 Å². The van der Waals surface area contributed by atoms with Gasteiger partial charge in [0.1, 0.15) is 22.5 Å². The van der Waals surface area contributed by atoms with Crippen LogP contribution in [-0.4, -0.2) is 28.2 Å². The third-order valence-corrected chi connectivity index (χ3v) is 4.00. The van der Waals surface area contributed by atoms with Gasteiger partial charge < -0.3 is 20.0 Å². The zero-order valence-electron chi connectivity index (χ0n) is 12.8. The van der Waals surface area contributed by atoms with Crippen LogP contribution in [0.4, 0.5) is 11.8 Å². The molecule has 1 fully saturated rings. The van der Waals surface area contributed by atoms with Gasteiger partial charge in [0.25, 0.3) is 0 Å². The average molecular weight is 352 g/mol. The van der Waals surface area contributed by atoms with Gasteiger partial charge in [0.15, 0.2) is 5.11 Å². The highest BCUT2D eigenvalue weighted by Gasteiger charge is 2.15. The normalized spacial score (nSPS) is 14.1. The number of hydrogen-bond acceptors (Lipinski definition) is 5. The molecule has 0 unspecified atom stereocenters. The number of rotatable bonds is 4. The van der Waals surface area contributed by atoms with E-state index in [1.54, 1.807) is 6.07 Å². The molecular formula is C15H18ClN5OS. The summed E-state index contributed by atoms with van der Waals surface area (Å²) >= 11 is 11.4. The van der Waals surface area contributed by atoms with Crippen LogP contribution >= 0.6 is 23.8 Å². The minimum atomic E-state index is 0.396. The Morgan fingerprint density at radius 2 is 2.13 bits per heavy atom. The van der Waals surface area contributed by atoms with E-state index in [0.29, 0.717) is 22.8 Å². The predicted molar refractivity (Wildman–Crippen MR) is 95.0 cm³/mol. The van der Waals surface area contributed by atoms with E-state index in [2.05, 4.69) is 25.5 Å². The maximum Gasteiger partial charge on any atom is 0.232 e. The summed E-state index contributed by atoms with van der Waals surface area (Å²) < 4.78 is 5.48. The van der Waals surface area contributed by atoms with Gasteiger partial charge in [-0.25, -0.2) is 4.98 Å². The zero-order valence-corrected chi connectivity index (χ0v) is 14.4.